The molecule has 0 aliphatic rings. The van der Waals surface area contributed by atoms with Gasteiger partial charge in [-0.2, -0.15) is 8.42 Å². The van der Waals surface area contributed by atoms with E-state index in [1.807, 2.05) is 25.1 Å². The molecule has 2 rings (SSSR count). The van der Waals surface area contributed by atoms with Crippen molar-refractivity contribution in [3.63, 3.8) is 0 Å². The highest BCUT2D eigenvalue weighted by molar-refractivity contribution is 7.85. The van der Waals surface area contributed by atoms with Gasteiger partial charge in [-0.15, -0.1) is 0 Å². The summed E-state index contributed by atoms with van der Waals surface area (Å²) in [5.41, 5.74) is 0.857. The summed E-state index contributed by atoms with van der Waals surface area (Å²) in [6.45, 7) is 2.71. The lowest BCUT2D eigenvalue weighted by molar-refractivity contribution is 0.483. The standard InChI is InChI=1S/C12H13NO3S/c1-2-13-12-5-3-4-9-6-7-10(8-11(9)12)17(14,15)16/h3-8,13H,2H2,1H3,(H,14,15,16). The Bertz CT molecular complexity index is 650. The highest BCUT2D eigenvalue weighted by atomic mass is 32.2. The first-order chi connectivity index (χ1) is 8.02. The molecular weight excluding hydrogens is 238 g/mol. The van der Waals surface area contributed by atoms with Crippen LogP contribution >= 0.6 is 0 Å². The Balaban J connectivity index is 2.70. The Morgan fingerprint density at radius 1 is 1.24 bits per heavy atom. The van der Waals surface area contributed by atoms with Crippen molar-refractivity contribution in [2.45, 2.75) is 11.8 Å². The second kappa shape index (κ2) is 4.35. The molecule has 0 aliphatic carbocycles. The van der Waals surface area contributed by atoms with E-state index in [0.29, 0.717) is 0 Å². The SMILES string of the molecule is CCNc1cccc2ccc(S(=O)(=O)O)cc12. The molecule has 5 heteroatoms. The van der Waals surface area contributed by atoms with Gasteiger partial charge in [-0.3, -0.25) is 4.55 Å². The van der Waals surface area contributed by atoms with Crippen molar-refractivity contribution in [3.05, 3.63) is 36.4 Å². The third-order valence-electron chi connectivity index (χ3n) is 2.52. The second-order valence-electron chi connectivity index (χ2n) is 3.69. The van der Waals surface area contributed by atoms with Crippen LogP contribution in [0.4, 0.5) is 5.69 Å². The van der Waals surface area contributed by atoms with Crippen molar-refractivity contribution in [1.29, 1.82) is 0 Å². The van der Waals surface area contributed by atoms with E-state index in [1.165, 1.54) is 12.1 Å². The topological polar surface area (TPSA) is 66.4 Å². The van der Waals surface area contributed by atoms with Gasteiger partial charge in [-0.25, -0.2) is 0 Å². The highest BCUT2D eigenvalue weighted by Gasteiger charge is 2.10. The Labute approximate surface area is 100 Å². The number of hydrogen-bond donors (Lipinski definition) is 2. The number of fused-ring (bicyclic) bond motifs is 1. The fraction of sp³-hybridized carbons (Fsp3) is 0.167. The number of nitrogens with one attached hydrogen (secondary N) is 1. The van der Waals surface area contributed by atoms with Crippen LogP contribution in [0.15, 0.2) is 41.3 Å². The molecule has 0 atom stereocenters. The molecule has 2 aromatic rings. The van der Waals surface area contributed by atoms with Gasteiger partial charge in [0.2, 0.25) is 0 Å². The van der Waals surface area contributed by atoms with E-state index >= 15 is 0 Å². The van der Waals surface area contributed by atoms with Crippen LogP contribution in [0.25, 0.3) is 10.8 Å². The maximum absolute atomic E-state index is 11.1. The number of benzene rings is 2. The second-order valence-corrected chi connectivity index (χ2v) is 5.12. The number of rotatable bonds is 3. The van der Waals surface area contributed by atoms with Crippen LogP contribution in [0, 0.1) is 0 Å². The number of anilines is 1. The predicted octanol–water partition coefficient (Wildman–Crippen LogP) is 2.52. The lowest BCUT2D eigenvalue weighted by Gasteiger charge is -2.08. The maximum Gasteiger partial charge on any atom is 0.294 e. The summed E-state index contributed by atoms with van der Waals surface area (Å²) >= 11 is 0. The van der Waals surface area contributed by atoms with Crippen LogP contribution in [0.3, 0.4) is 0 Å². The fourth-order valence-electron chi connectivity index (χ4n) is 1.76. The summed E-state index contributed by atoms with van der Waals surface area (Å²) in [4.78, 5) is -0.0876. The molecule has 0 aromatic heterocycles. The molecule has 2 aromatic carbocycles. The first-order valence-electron chi connectivity index (χ1n) is 5.26. The average Bonchev–Trinajstić information content (AvgIpc) is 2.28. The van der Waals surface area contributed by atoms with Gasteiger partial charge in [0.25, 0.3) is 10.1 Å². The minimum absolute atomic E-state index is 0.0876. The lowest BCUT2D eigenvalue weighted by Crippen LogP contribution is -2.00. The normalized spacial score (nSPS) is 11.6. The molecule has 0 amide bonds. The van der Waals surface area contributed by atoms with Crippen molar-refractivity contribution < 1.29 is 13.0 Å². The smallest absolute Gasteiger partial charge is 0.294 e. The van der Waals surface area contributed by atoms with Crippen LogP contribution in [0.5, 0.6) is 0 Å². The van der Waals surface area contributed by atoms with Gasteiger partial charge in [0.05, 0.1) is 4.90 Å². The average molecular weight is 251 g/mol. The summed E-state index contributed by atoms with van der Waals surface area (Å²) in [6.07, 6.45) is 0. The van der Waals surface area contributed by atoms with Crippen LogP contribution in [-0.4, -0.2) is 19.5 Å². The van der Waals surface area contributed by atoms with Crippen LogP contribution < -0.4 is 5.32 Å². The van der Waals surface area contributed by atoms with Gasteiger partial charge >= 0.3 is 0 Å². The molecule has 4 nitrogen and oxygen atoms in total. The zero-order valence-corrected chi connectivity index (χ0v) is 10.2. The Kier molecular flexibility index (Phi) is 3.04. The summed E-state index contributed by atoms with van der Waals surface area (Å²) in [5.74, 6) is 0. The Morgan fingerprint density at radius 3 is 2.65 bits per heavy atom. The molecule has 2 N–H and O–H groups in total. The van der Waals surface area contributed by atoms with E-state index in [-0.39, 0.29) is 4.90 Å². The van der Waals surface area contributed by atoms with Crippen LogP contribution in [0.2, 0.25) is 0 Å². The molecule has 0 fully saturated rings. The van der Waals surface area contributed by atoms with Crippen molar-refractivity contribution >= 4 is 26.6 Å². The van der Waals surface area contributed by atoms with E-state index in [1.54, 1.807) is 6.07 Å². The molecule has 0 spiro atoms. The summed E-state index contributed by atoms with van der Waals surface area (Å²) in [6, 6.07) is 10.2. The first kappa shape index (κ1) is 11.9. The van der Waals surface area contributed by atoms with E-state index < -0.39 is 10.1 Å². The largest absolute Gasteiger partial charge is 0.385 e. The molecule has 0 saturated carbocycles. The van der Waals surface area contributed by atoms with E-state index in [2.05, 4.69) is 5.32 Å². The van der Waals surface area contributed by atoms with Crippen molar-refractivity contribution in [2.24, 2.45) is 0 Å². The van der Waals surface area contributed by atoms with E-state index in [4.69, 9.17) is 4.55 Å². The Morgan fingerprint density at radius 2 is 2.00 bits per heavy atom. The first-order valence-corrected chi connectivity index (χ1v) is 6.70. The third-order valence-corrected chi connectivity index (χ3v) is 3.37. The summed E-state index contributed by atoms with van der Waals surface area (Å²) < 4.78 is 31.2. The van der Waals surface area contributed by atoms with Gasteiger partial charge in [-0.05, 0) is 30.5 Å². The molecule has 0 unspecified atom stereocenters. The summed E-state index contributed by atoms with van der Waals surface area (Å²) in [5, 5.41) is 4.86. The van der Waals surface area contributed by atoms with Gasteiger partial charge in [0, 0.05) is 17.6 Å². The molecule has 0 bridgehead atoms. The molecule has 0 heterocycles. The highest BCUT2D eigenvalue weighted by Crippen LogP contribution is 2.26. The zero-order chi connectivity index (χ0) is 12.5. The molecule has 0 saturated heterocycles. The monoisotopic (exact) mass is 251 g/mol. The van der Waals surface area contributed by atoms with Crippen LogP contribution in [-0.2, 0) is 10.1 Å². The Hall–Kier alpha value is -1.59. The van der Waals surface area contributed by atoms with Gasteiger partial charge in [-0.1, -0.05) is 18.2 Å². The predicted molar refractivity (Wildman–Crippen MR) is 67.9 cm³/mol. The summed E-state index contributed by atoms with van der Waals surface area (Å²) in [7, 11) is -4.15. The maximum atomic E-state index is 11.1. The molecule has 0 aliphatic heterocycles. The quantitative estimate of drug-likeness (QED) is 0.823. The van der Waals surface area contributed by atoms with E-state index in [0.717, 1.165) is 23.0 Å². The molecule has 17 heavy (non-hydrogen) atoms. The van der Waals surface area contributed by atoms with Gasteiger partial charge in [0.1, 0.15) is 0 Å². The molecule has 0 radical (unpaired) electrons. The van der Waals surface area contributed by atoms with Crippen molar-refractivity contribution in [2.75, 3.05) is 11.9 Å². The fourth-order valence-corrected chi connectivity index (χ4v) is 2.26. The van der Waals surface area contributed by atoms with Crippen molar-refractivity contribution in [3.8, 4) is 0 Å². The van der Waals surface area contributed by atoms with Gasteiger partial charge in [0.15, 0.2) is 0 Å². The number of hydrogen-bond acceptors (Lipinski definition) is 3. The van der Waals surface area contributed by atoms with Crippen LogP contribution in [0.1, 0.15) is 6.92 Å². The lowest BCUT2D eigenvalue weighted by atomic mass is 10.1. The van der Waals surface area contributed by atoms with Crippen molar-refractivity contribution in [1.82, 2.24) is 0 Å². The third kappa shape index (κ3) is 2.40. The van der Waals surface area contributed by atoms with Gasteiger partial charge < -0.3 is 5.32 Å². The minimum Gasteiger partial charge on any atom is -0.385 e. The zero-order valence-electron chi connectivity index (χ0n) is 9.34. The minimum atomic E-state index is -4.15. The molecular formula is C12H13NO3S. The van der Waals surface area contributed by atoms with E-state index in [9.17, 15) is 8.42 Å². The molecule has 90 valence electrons.